The van der Waals surface area contributed by atoms with Crippen molar-refractivity contribution in [2.45, 2.75) is 45.1 Å². The topological polar surface area (TPSA) is 38.1 Å². The zero-order valence-corrected chi connectivity index (χ0v) is 16.9. The molecule has 0 atom stereocenters. The van der Waals surface area contributed by atoms with Crippen LogP contribution in [0.5, 0.6) is 0 Å². The standard InChI is InChI=1S/C23H26ClN3O/c24-19-11-9-18(10-12-19)17-22-25-20-7-3-4-8-21(20)27(22)16-13-23(28)26-14-5-1-2-6-15-26/h3-4,7-12H,1-2,5-6,13-17H2. The van der Waals surface area contributed by atoms with Crippen LogP contribution < -0.4 is 0 Å². The van der Waals surface area contributed by atoms with Gasteiger partial charge in [0, 0.05) is 37.5 Å². The highest BCUT2D eigenvalue weighted by molar-refractivity contribution is 6.30. The number of aromatic nitrogens is 2. The average Bonchev–Trinajstić information content (AvgIpc) is 2.87. The zero-order chi connectivity index (χ0) is 19.3. The van der Waals surface area contributed by atoms with Gasteiger partial charge >= 0.3 is 0 Å². The molecule has 0 spiro atoms. The van der Waals surface area contributed by atoms with Crippen molar-refractivity contribution >= 4 is 28.5 Å². The third kappa shape index (κ3) is 4.39. The molecule has 0 radical (unpaired) electrons. The van der Waals surface area contributed by atoms with Crippen molar-refractivity contribution in [3.63, 3.8) is 0 Å². The fraction of sp³-hybridized carbons (Fsp3) is 0.391. The second kappa shape index (κ2) is 8.78. The Bertz CT molecular complexity index is 940. The Balaban J connectivity index is 1.54. The smallest absolute Gasteiger partial charge is 0.224 e. The molecule has 1 aliphatic heterocycles. The van der Waals surface area contributed by atoms with Gasteiger partial charge in [0.15, 0.2) is 0 Å². The van der Waals surface area contributed by atoms with Crippen LogP contribution in [-0.2, 0) is 17.8 Å². The third-order valence-electron chi connectivity index (χ3n) is 5.52. The molecular weight excluding hydrogens is 370 g/mol. The summed E-state index contributed by atoms with van der Waals surface area (Å²) in [5, 5.41) is 0.736. The number of benzene rings is 2. The number of fused-ring (bicyclic) bond motifs is 1. The van der Waals surface area contributed by atoms with Gasteiger partial charge in [-0.1, -0.05) is 48.7 Å². The molecule has 28 heavy (non-hydrogen) atoms. The van der Waals surface area contributed by atoms with Crippen molar-refractivity contribution in [1.29, 1.82) is 0 Å². The minimum Gasteiger partial charge on any atom is -0.343 e. The van der Waals surface area contributed by atoms with E-state index in [1.807, 2.05) is 47.4 Å². The molecule has 0 aliphatic carbocycles. The quantitative estimate of drug-likeness (QED) is 0.604. The van der Waals surface area contributed by atoms with Crippen molar-refractivity contribution in [2.24, 2.45) is 0 Å². The van der Waals surface area contributed by atoms with Gasteiger partial charge in [0.25, 0.3) is 0 Å². The van der Waals surface area contributed by atoms with Crippen LogP contribution in [0.2, 0.25) is 5.02 Å². The summed E-state index contributed by atoms with van der Waals surface area (Å²) in [5.41, 5.74) is 3.24. The highest BCUT2D eigenvalue weighted by Crippen LogP contribution is 2.21. The average molecular weight is 396 g/mol. The Labute approximate surface area is 171 Å². The number of hydrogen-bond acceptors (Lipinski definition) is 2. The summed E-state index contributed by atoms with van der Waals surface area (Å²) in [4.78, 5) is 19.7. The molecule has 1 amide bonds. The molecule has 0 unspecified atom stereocenters. The van der Waals surface area contributed by atoms with Gasteiger partial charge in [0.2, 0.25) is 5.91 Å². The second-order valence-corrected chi connectivity index (χ2v) is 7.95. The van der Waals surface area contributed by atoms with Gasteiger partial charge in [-0.25, -0.2) is 4.98 Å². The van der Waals surface area contributed by atoms with Crippen LogP contribution in [0.25, 0.3) is 11.0 Å². The fourth-order valence-electron chi connectivity index (χ4n) is 3.98. The van der Waals surface area contributed by atoms with Crippen LogP contribution in [0.4, 0.5) is 0 Å². The summed E-state index contributed by atoms with van der Waals surface area (Å²) in [6.45, 7) is 2.47. The largest absolute Gasteiger partial charge is 0.343 e. The molecule has 146 valence electrons. The Hall–Kier alpha value is -2.33. The molecule has 2 aromatic carbocycles. The highest BCUT2D eigenvalue weighted by atomic mass is 35.5. The van der Waals surface area contributed by atoms with Crippen molar-refractivity contribution in [1.82, 2.24) is 14.5 Å². The Morgan fingerprint density at radius 1 is 0.964 bits per heavy atom. The number of amides is 1. The minimum absolute atomic E-state index is 0.261. The van der Waals surface area contributed by atoms with Gasteiger partial charge in [0.05, 0.1) is 11.0 Å². The van der Waals surface area contributed by atoms with Crippen molar-refractivity contribution in [3.05, 3.63) is 64.9 Å². The van der Waals surface area contributed by atoms with E-state index in [1.165, 1.54) is 18.4 Å². The number of hydrogen-bond donors (Lipinski definition) is 0. The predicted molar refractivity (Wildman–Crippen MR) is 114 cm³/mol. The van der Waals surface area contributed by atoms with E-state index in [9.17, 15) is 4.79 Å². The van der Waals surface area contributed by atoms with Crippen LogP contribution in [0.3, 0.4) is 0 Å². The molecule has 0 bridgehead atoms. The highest BCUT2D eigenvalue weighted by Gasteiger charge is 2.17. The lowest BCUT2D eigenvalue weighted by molar-refractivity contribution is -0.131. The Kier molecular flexibility index (Phi) is 5.96. The maximum Gasteiger partial charge on any atom is 0.224 e. The summed E-state index contributed by atoms with van der Waals surface area (Å²) < 4.78 is 2.21. The molecule has 0 saturated carbocycles. The Morgan fingerprint density at radius 2 is 1.68 bits per heavy atom. The van der Waals surface area contributed by atoms with E-state index in [-0.39, 0.29) is 5.91 Å². The van der Waals surface area contributed by atoms with E-state index in [4.69, 9.17) is 16.6 Å². The van der Waals surface area contributed by atoms with Crippen molar-refractivity contribution in [2.75, 3.05) is 13.1 Å². The first-order valence-electron chi connectivity index (χ1n) is 10.2. The van der Waals surface area contributed by atoms with Crippen molar-refractivity contribution in [3.8, 4) is 0 Å². The second-order valence-electron chi connectivity index (χ2n) is 7.52. The number of likely N-dealkylation sites (tertiary alicyclic amines) is 1. The van der Waals surface area contributed by atoms with E-state index in [1.54, 1.807) is 0 Å². The van der Waals surface area contributed by atoms with Gasteiger partial charge in [0.1, 0.15) is 5.82 Å². The number of para-hydroxylation sites is 2. The van der Waals surface area contributed by atoms with Gasteiger partial charge in [-0.2, -0.15) is 0 Å². The maximum atomic E-state index is 12.8. The summed E-state index contributed by atoms with van der Waals surface area (Å²) in [7, 11) is 0. The van der Waals surface area contributed by atoms with Gasteiger partial charge < -0.3 is 9.47 Å². The first-order chi connectivity index (χ1) is 13.7. The number of aryl methyl sites for hydroxylation is 1. The molecule has 1 fully saturated rings. The number of rotatable bonds is 5. The fourth-order valence-corrected chi connectivity index (χ4v) is 4.11. The predicted octanol–water partition coefficient (Wildman–Crippen LogP) is 5.07. The normalized spacial score (nSPS) is 15.0. The van der Waals surface area contributed by atoms with Crippen LogP contribution in [0.15, 0.2) is 48.5 Å². The molecule has 4 rings (SSSR count). The maximum absolute atomic E-state index is 12.8. The SMILES string of the molecule is O=C(CCn1c(Cc2ccc(Cl)cc2)nc2ccccc21)N1CCCCCC1. The Morgan fingerprint density at radius 3 is 2.43 bits per heavy atom. The number of imidazole rings is 1. The van der Waals surface area contributed by atoms with Crippen molar-refractivity contribution < 1.29 is 4.79 Å². The summed E-state index contributed by atoms with van der Waals surface area (Å²) >= 11 is 6.02. The number of carbonyl (C=O) groups excluding carboxylic acids is 1. The molecule has 1 aliphatic rings. The monoisotopic (exact) mass is 395 g/mol. The number of carbonyl (C=O) groups is 1. The minimum atomic E-state index is 0.261. The lowest BCUT2D eigenvalue weighted by Gasteiger charge is -2.20. The van der Waals surface area contributed by atoms with Gasteiger partial charge in [-0.3, -0.25) is 4.79 Å². The molecular formula is C23H26ClN3O. The van der Waals surface area contributed by atoms with Crippen LogP contribution in [0.1, 0.15) is 43.5 Å². The molecule has 1 saturated heterocycles. The molecule has 5 heteroatoms. The summed E-state index contributed by atoms with van der Waals surface area (Å²) in [6, 6.07) is 16.1. The summed E-state index contributed by atoms with van der Waals surface area (Å²) in [5.74, 6) is 1.25. The van der Waals surface area contributed by atoms with Crippen LogP contribution in [0, 0.1) is 0 Å². The first-order valence-corrected chi connectivity index (χ1v) is 10.5. The molecule has 4 nitrogen and oxygen atoms in total. The van der Waals surface area contributed by atoms with E-state index in [2.05, 4.69) is 10.6 Å². The molecule has 1 aromatic heterocycles. The molecule has 3 aromatic rings. The van der Waals surface area contributed by atoms with Crippen LogP contribution in [-0.4, -0.2) is 33.4 Å². The molecule has 2 heterocycles. The molecule has 0 N–H and O–H groups in total. The van der Waals surface area contributed by atoms with E-state index in [0.717, 1.165) is 54.2 Å². The first kappa shape index (κ1) is 19.0. The third-order valence-corrected chi connectivity index (χ3v) is 5.77. The number of halogens is 1. The van der Waals surface area contributed by atoms with Gasteiger partial charge in [-0.05, 0) is 42.7 Å². The summed E-state index contributed by atoms with van der Waals surface area (Å²) in [6.07, 6.45) is 5.98. The van der Waals surface area contributed by atoms with E-state index >= 15 is 0 Å². The van der Waals surface area contributed by atoms with Gasteiger partial charge in [-0.15, -0.1) is 0 Å². The lowest BCUT2D eigenvalue weighted by Crippen LogP contribution is -2.32. The lowest BCUT2D eigenvalue weighted by atomic mass is 10.1. The van der Waals surface area contributed by atoms with E-state index in [0.29, 0.717) is 13.0 Å². The van der Waals surface area contributed by atoms with Crippen LogP contribution >= 0.6 is 11.6 Å². The number of nitrogens with zero attached hydrogens (tertiary/aromatic N) is 3. The zero-order valence-electron chi connectivity index (χ0n) is 16.1. The van der Waals surface area contributed by atoms with E-state index < -0.39 is 0 Å².